The lowest BCUT2D eigenvalue weighted by Gasteiger charge is -1.85. The second kappa shape index (κ2) is 5.43. The van der Waals surface area contributed by atoms with Crippen molar-refractivity contribution in [1.82, 2.24) is 4.98 Å². The molecule has 0 N–H and O–H groups in total. The molecule has 0 bridgehead atoms. The molecule has 88 valence electrons. The number of fused-ring (bicyclic) bond motifs is 1. The van der Waals surface area contributed by atoms with Crippen LogP contribution >= 0.6 is 22.7 Å². The quantitative estimate of drug-likeness (QED) is 0.574. The molecule has 0 aliphatic heterocycles. The Hall–Kier alpha value is -1.19. The zero-order valence-corrected chi connectivity index (χ0v) is 11.9. The van der Waals surface area contributed by atoms with E-state index >= 15 is 0 Å². The van der Waals surface area contributed by atoms with Crippen LogP contribution in [0.3, 0.4) is 0 Å². The monoisotopic (exact) mass is 261 g/mol. The highest BCUT2D eigenvalue weighted by Gasteiger charge is 2.06. The molecule has 3 rings (SSSR count). The van der Waals surface area contributed by atoms with E-state index in [1.807, 2.05) is 19.9 Å². The summed E-state index contributed by atoms with van der Waals surface area (Å²) in [5.74, 6) is 0. The molecule has 0 atom stereocenters. The average molecular weight is 261 g/mol. The van der Waals surface area contributed by atoms with Crippen molar-refractivity contribution in [2.45, 2.75) is 20.8 Å². The second-order valence-corrected chi connectivity index (χ2v) is 5.58. The summed E-state index contributed by atoms with van der Waals surface area (Å²) in [6, 6.07) is 10.5. The van der Waals surface area contributed by atoms with Crippen LogP contribution in [0.25, 0.3) is 20.8 Å². The Morgan fingerprint density at radius 2 is 1.88 bits per heavy atom. The first-order valence-corrected chi connectivity index (χ1v) is 7.43. The van der Waals surface area contributed by atoms with Gasteiger partial charge in [0.15, 0.2) is 0 Å². The Morgan fingerprint density at radius 1 is 1.12 bits per heavy atom. The van der Waals surface area contributed by atoms with Crippen LogP contribution in [0.5, 0.6) is 0 Å². The van der Waals surface area contributed by atoms with Gasteiger partial charge >= 0.3 is 0 Å². The molecule has 0 aliphatic rings. The van der Waals surface area contributed by atoms with Crippen molar-refractivity contribution in [3.05, 3.63) is 40.6 Å². The highest BCUT2D eigenvalue weighted by molar-refractivity contribution is 7.22. The summed E-state index contributed by atoms with van der Waals surface area (Å²) in [6.45, 7) is 6.13. The van der Waals surface area contributed by atoms with Crippen molar-refractivity contribution >= 4 is 32.9 Å². The molecule has 2 heterocycles. The lowest BCUT2D eigenvalue weighted by Crippen LogP contribution is -1.69. The smallest absolute Gasteiger partial charge is 0.125 e. The lowest BCUT2D eigenvalue weighted by atomic mass is 10.3. The number of thiazole rings is 1. The molecule has 0 saturated heterocycles. The van der Waals surface area contributed by atoms with E-state index in [9.17, 15) is 0 Å². The minimum atomic E-state index is 1.10. The third-order valence-electron chi connectivity index (χ3n) is 2.27. The lowest BCUT2D eigenvalue weighted by molar-refractivity contribution is 1.48. The summed E-state index contributed by atoms with van der Waals surface area (Å²) in [5, 5.41) is 3.30. The van der Waals surface area contributed by atoms with Gasteiger partial charge in [-0.1, -0.05) is 26.0 Å². The van der Waals surface area contributed by atoms with Gasteiger partial charge in [0.1, 0.15) is 5.01 Å². The summed E-state index contributed by atoms with van der Waals surface area (Å²) in [7, 11) is 0. The molecule has 0 radical (unpaired) electrons. The fraction of sp³-hybridized carbons (Fsp3) is 0.214. The van der Waals surface area contributed by atoms with Crippen LogP contribution in [-0.4, -0.2) is 4.98 Å². The number of hydrogen-bond donors (Lipinski definition) is 0. The molecule has 0 saturated carbocycles. The summed E-state index contributed by atoms with van der Waals surface area (Å²) in [4.78, 5) is 5.96. The van der Waals surface area contributed by atoms with Gasteiger partial charge in [-0.3, -0.25) is 0 Å². The molecular formula is C14H15NS2. The number of nitrogens with zero attached hydrogens (tertiary/aromatic N) is 1. The maximum Gasteiger partial charge on any atom is 0.125 e. The van der Waals surface area contributed by atoms with E-state index in [0.717, 1.165) is 10.5 Å². The SMILES string of the molecule is CC.Cc1cc(-c2nc3ccccc3s2)cs1. The zero-order valence-electron chi connectivity index (χ0n) is 10.2. The van der Waals surface area contributed by atoms with Crippen LogP contribution in [0.1, 0.15) is 18.7 Å². The third kappa shape index (κ3) is 2.56. The number of aromatic nitrogens is 1. The molecule has 1 nitrogen and oxygen atoms in total. The fourth-order valence-electron chi connectivity index (χ4n) is 1.55. The minimum Gasteiger partial charge on any atom is -0.236 e. The summed E-state index contributed by atoms with van der Waals surface area (Å²) >= 11 is 3.54. The number of benzene rings is 1. The van der Waals surface area contributed by atoms with Crippen molar-refractivity contribution in [2.75, 3.05) is 0 Å². The normalized spacial score (nSPS) is 10.1. The molecule has 2 aromatic heterocycles. The van der Waals surface area contributed by atoms with Crippen LogP contribution < -0.4 is 0 Å². The van der Waals surface area contributed by atoms with Gasteiger partial charge in [-0.2, -0.15) is 0 Å². The Labute approximate surface area is 110 Å². The summed E-state index contributed by atoms with van der Waals surface area (Å²) in [5.41, 5.74) is 2.35. The van der Waals surface area contributed by atoms with E-state index in [4.69, 9.17) is 0 Å². The van der Waals surface area contributed by atoms with Crippen molar-refractivity contribution in [3.8, 4) is 10.6 Å². The van der Waals surface area contributed by atoms with E-state index < -0.39 is 0 Å². The Kier molecular flexibility index (Phi) is 3.92. The molecule has 0 spiro atoms. The minimum absolute atomic E-state index is 1.10. The van der Waals surface area contributed by atoms with Gasteiger partial charge in [0.25, 0.3) is 0 Å². The van der Waals surface area contributed by atoms with E-state index in [1.165, 1.54) is 15.1 Å². The van der Waals surface area contributed by atoms with Crippen LogP contribution in [-0.2, 0) is 0 Å². The summed E-state index contributed by atoms with van der Waals surface area (Å²) < 4.78 is 1.26. The predicted molar refractivity (Wildman–Crippen MR) is 79.0 cm³/mol. The highest BCUT2D eigenvalue weighted by Crippen LogP contribution is 2.32. The predicted octanol–water partition coefficient (Wildman–Crippen LogP) is 5.36. The van der Waals surface area contributed by atoms with Crippen molar-refractivity contribution in [3.63, 3.8) is 0 Å². The second-order valence-electron chi connectivity index (χ2n) is 3.43. The van der Waals surface area contributed by atoms with Crippen LogP contribution in [0, 0.1) is 6.92 Å². The first-order chi connectivity index (χ1) is 8.33. The number of rotatable bonds is 1. The van der Waals surface area contributed by atoms with Crippen LogP contribution in [0.2, 0.25) is 0 Å². The molecule has 0 unspecified atom stereocenters. The molecule has 3 aromatic rings. The summed E-state index contributed by atoms with van der Waals surface area (Å²) in [6.07, 6.45) is 0. The molecule has 3 heteroatoms. The number of para-hydroxylation sites is 1. The topological polar surface area (TPSA) is 12.9 Å². The van der Waals surface area contributed by atoms with Crippen molar-refractivity contribution < 1.29 is 0 Å². The third-order valence-corrected chi connectivity index (χ3v) is 4.22. The van der Waals surface area contributed by atoms with Gasteiger partial charge in [0.05, 0.1) is 10.2 Å². The standard InChI is InChI=1S/C12H9NS2.C2H6/c1-8-6-9(7-14-8)12-13-10-4-2-3-5-11(10)15-12;1-2/h2-7H,1H3;1-2H3. The zero-order chi connectivity index (χ0) is 12.3. The maximum absolute atomic E-state index is 4.62. The van der Waals surface area contributed by atoms with E-state index in [0.29, 0.717) is 0 Å². The number of hydrogen-bond acceptors (Lipinski definition) is 3. The van der Waals surface area contributed by atoms with Gasteiger partial charge < -0.3 is 0 Å². The Morgan fingerprint density at radius 3 is 2.53 bits per heavy atom. The fourth-order valence-corrected chi connectivity index (χ4v) is 3.27. The van der Waals surface area contributed by atoms with Crippen LogP contribution in [0.4, 0.5) is 0 Å². The largest absolute Gasteiger partial charge is 0.236 e. The molecule has 0 fully saturated rings. The Bertz CT molecular complexity index is 574. The maximum atomic E-state index is 4.62. The van der Waals surface area contributed by atoms with Gasteiger partial charge in [-0.15, -0.1) is 22.7 Å². The van der Waals surface area contributed by atoms with Gasteiger partial charge in [-0.05, 0) is 25.1 Å². The van der Waals surface area contributed by atoms with Crippen molar-refractivity contribution in [2.24, 2.45) is 0 Å². The molecule has 1 aromatic carbocycles. The molecule has 0 aliphatic carbocycles. The molecular weight excluding hydrogens is 246 g/mol. The van der Waals surface area contributed by atoms with E-state index in [1.54, 1.807) is 22.7 Å². The van der Waals surface area contributed by atoms with Gasteiger partial charge in [0, 0.05) is 15.8 Å². The van der Waals surface area contributed by atoms with Crippen molar-refractivity contribution in [1.29, 1.82) is 0 Å². The highest BCUT2D eigenvalue weighted by atomic mass is 32.1. The van der Waals surface area contributed by atoms with Gasteiger partial charge in [0.2, 0.25) is 0 Å². The first-order valence-electron chi connectivity index (χ1n) is 5.74. The van der Waals surface area contributed by atoms with Crippen LogP contribution in [0.15, 0.2) is 35.7 Å². The molecule has 0 amide bonds. The Balaban J connectivity index is 0.000000514. The number of aryl methyl sites for hydroxylation is 1. The average Bonchev–Trinajstić information content (AvgIpc) is 2.97. The van der Waals surface area contributed by atoms with Gasteiger partial charge in [-0.25, -0.2) is 4.98 Å². The van der Waals surface area contributed by atoms with E-state index in [-0.39, 0.29) is 0 Å². The first kappa shape index (κ1) is 12.3. The number of thiophene rings is 1. The van der Waals surface area contributed by atoms with E-state index in [2.05, 4.69) is 41.6 Å². The molecule has 17 heavy (non-hydrogen) atoms.